The molecule has 0 atom stereocenters. The Labute approximate surface area is 136 Å². The van der Waals surface area contributed by atoms with Gasteiger partial charge in [0.05, 0.1) is 6.10 Å². The monoisotopic (exact) mass is 315 g/mol. The SMILES string of the molecule is CCNC(=NCc1cc2ccccc2o1)NC1CCC(O)CC1. The van der Waals surface area contributed by atoms with Gasteiger partial charge in [0, 0.05) is 18.0 Å². The maximum absolute atomic E-state index is 9.60. The average molecular weight is 315 g/mol. The van der Waals surface area contributed by atoms with E-state index in [1.807, 2.05) is 30.3 Å². The number of rotatable bonds is 4. The van der Waals surface area contributed by atoms with Gasteiger partial charge in [-0.2, -0.15) is 0 Å². The summed E-state index contributed by atoms with van der Waals surface area (Å²) in [5.41, 5.74) is 0.900. The van der Waals surface area contributed by atoms with Crippen LogP contribution in [0.15, 0.2) is 39.7 Å². The van der Waals surface area contributed by atoms with Gasteiger partial charge in [0.1, 0.15) is 17.9 Å². The summed E-state index contributed by atoms with van der Waals surface area (Å²) in [5.74, 6) is 1.68. The number of aliphatic hydroxyl groups excluding tert-OH is 1. The van der Waals surface area contributed by atoms with Gasteiger partial charge in [-0.25, -0.2) is 4.99 Å². The van der Waals surface area contributed by atoms with Gasteiger partial charge >= 0.3 is 0 Å². The molecule has 1 aromatic heterocycles. The molecular weight excluding hydrogens is 290 g/mol. The van der Waals surface area contributed by atoms with Crippen molar-refractivity contribution in [1.29, 1.82) is 0 Å². The summed E-state index contributed by atoms with van der Waals surface area (Å²) in [4.78, 5) is 4.63. The number of fused-ring (bicyclic) bond motifs is 1. The molecule has 5 heteroatoms. The molecular formula is C18H25N3O2. The zero-order chi connectivity index (χ0) is 16.1. The minimum Gasteiger partial charge on any atom is -0.459 e. The number of aliphatic imine (C=N–C) groups is 1. The first-order chi connectivity index (χ1) is 11.2. The Balaban J connectivity index is 1.63. The normalized spacial score (nSPS) is 22.3. The standard InChI is InChI=1S/C18H25N3O2/c1-2-19-18(21-14-7-9-15(22)10-8-14)20-12-16-11-13-5-3-4-6-17(13)23-16/h3-6,11,14-15,22H,2,7-10,12H2,1H3,(H2,19,20,21). The van der Waals surface area contributed by atoms with Crippen molar-refractivity contribution < 1.29 is 9.52 Å². The molecule has 1 aliphatic rings. The van der Waals surface area contributed by atoms with Crippen LogP contribution in [0.2, 0.25) is 0 Å². The van der Waals surface area contributed by atoms with E-state index in [0.29, 0.717) is 12.6 Å². The Bertz CT molecular complexity index is 624. The molecule has 124 valence electrons. The lowest BCUT2D eigenvalue weighted by Gasteiger charge is -2.27. The molecule has 0 spiro atoms. The highest BCUT2D eigenvalue weighted by Crippen LogP contribution is 2.20. The van der Waals surface area contributed by atoms with Gasteiger partial charge < -0.3 is 20.2 Å². The molecule has 1 aromatic carbocycles. The first-order valence-electron chi connectivity index (χ1n) is 8.45. The quantitative estimate of drug-likeness (QED) is 0.599. The molecule has 0 bridgehead atoms. The number of hydrogen-bond acceptors (Lipinski definition) is 3. The Hall–Kier alpha value is -2.01. The van der Waals surface area contributed by atoms with E-state index in [0.717, 1.165) is 54.9 Å². The molecule has 0 unspecified atom stereocenters. The van der Waals surface area contributed by atoms with E-state index >= 15 is 0 Å². The third-order valence-electron chi connectivity index (χ3n) is 4.25. The van der Waals surface area contributed by atoms with Crippen molar-refractivity contribution in [2.45, 2.75) is 51.3 Å². The second-order valence-electron chi connectivity index (χ2n) is 6.10. The molecule has 23 heavy (non-hydrogen) atoms. The molecule has 1 aliphatic carbocycles. The molecule has 0 aliphatic heterocycles. The predicted molar refractivity (Wildman–Crippen MR) is 92.4 cm³/mol. The van der Waals surface area contributed by atoms with Crippen molar-refractivity contribution in [2.24, 2.45) is 4.99 Å². The molecule has 1 saturated carbocycles. The Morgan fingerprint density at radius 3 is 2.78 bits per heavy atom. The van der Waals surface area contributed by atoms with Gasteiger partial charge in [0.25, 0.3) is 0 Å². The predicted octanol–water partition coefficient (Wildman–Crippen LogP) is 2.79. The zero-order valence-corrected chi connectivity index (χ0v) is 13.6. The molecule has 0 radical (unpaired) electrons. The average Bonchev–Trinajstić information content (AvgIpc) is 2.98. The zero-order valence-electron chi connectivity index (χ0n) is 13.6. The maximum atomic E-state index is 9.60. The number of benzene rings is 1. The highest BCUT2D eigenvalue weighted by Gasteiger charge is 2.19. The number of nitrogens with zero attached hydrogens (tertiary/aromatic N) is 1. The fourth-order valence-electron chi connectivity index (χ4n) is 3.01. The first-order valence-corrected chi connectivity index (χ1v) is 8.45. The largest absolute Gasteiger partial charge is 0.459 e. The molecule has 3 rings (SSSR count). The second-order valence-corrected chi connectivity index (χ2v) is 6.10. The minimum absolute atomic E-state index is 0.136. The summed E-state index contributed by atoms with van der Waals surface area (Å²) in [6, 6.07) is 10.4. The van der Waals surface area contributed by atoms with Gasteiger partial charge in [0.15, 0.2) is 5.96 Å². The van der Waals surface area contributed by atoms with Crippen LogP contribution in [0, 0.1) is 0 Å². The van der Waals surface area contributed by atoms with Crippen LogP contribution in [0.25, 0.3) is 11.0 Å². The summed E-state index contributed by atoms with van der Waals surface area (Å²) >= 11 is 0. The molecule has 2 aromatic rings. The molecule has 0 saturated heterocycles. The lowest BCUT2D eigenvalue weighted by Crippen LogP contribution is -2.45. The van der Waals surface area contributed by atoms with Gasteiger partial charge in [-0.1, -0.05) is 18.2 Å². The van der Waals surface area contributed by atoms with Crippen LogP contribution < -0.4 is 10.6 Å². The lowest BCUT2D eigenvalue weighted by molar-refractivity contribution is 0.120. The van der Waals surface area contributed by atoms with E-state index in [-0.39, 0.29) is 6.10 Å². The molecule has 1 heterocycles. The summed E-state index contributed by atoms with van der Waals surface area (Å²) < 4.78 is 5.80. The minimum atomic E-state index is -0.136. The third-order valence-corrected chi connectivity index (χ3v) is 4.25. The number of guanidine groups is 1. The van der Waals surface area contributed by atoms with Crippen molar-refractivity contribution in [3.8, 4) is 0 Å². The van der Waals surface area contributed by atoms with Gasteiger partial charge in [-0.3, -0.25) is 0 Å². The van der Waals surface area contributed by atoms with Crippen LogP contribution in [0.5, 0.6) is 0 Å². The summed E-state index contributed by atoms with van der Waals surface area (Å²) in [7, 11) is 0. The number of aliphatic hydroxyl groups is 1. The fourth-order valence-corrected chi connectivity index (χ4v) is 3.01. The Morgan fingerprint density at radius 1 is 1.26 bits per heavy atom. The van der Waals surface area contributed by atoms with E-state index in [1.54, 1.807) is 0 Å². The van der Waals surface area contributed by atoms with Crippen LogP contribution in [0.4, 0.5) is 0 Å². The Morgan fingerprint density at radius 2 is 2.04 bits per heavy atom. The van der Waals surface area contributed by atoms with Gasteiger partial charge in [0.2, 0.25) is 0 Å². The van der Waals surface area contributed by atoms with Crippen molar-refractivity contribution in [1.82, 2.24) is 10.6 Å². The van der Waals surface area contributed by atoms with E-state index in [2.05, 4.69) is 22.5 Å². The van der Waals surface area contributed by atoms with Crippen LogP contribution in [-0.4, -0.2) is 29.8 Å². The highest BCUT2D eigenvalue weighted by molar-refractivity contribution is 5.80. The summed E-state index contributed by atoms with van der Waals surface area (Å²) in [6.45, 7) is 3.39. The highest BCUT2D eigenvalue weighted by atomic mass is 16.3. The molecule has 0 amide bonds. The van der Waals surface area contributed by atoms with Gasteiger partial charge in [-0.05, 0) is 44.7 Å². The van der Waals surface area contributed by atoms with E-state index in [1.165, 1.54) is 0 Å². The topological polar surface area (TPSA) is 69.8 Å². The third kappa shape index (κ3) is 4.26. The van der Waals surface area contributed by atoms with Crippen LogP contribution in [-0.2, 0) is 6.54 Å². The van der Waals surface area contributed by atoms with Crippen LogP contribution in [0.1, 0.15) is 38.4 Å². The van der Waals surface area contributed by atoms with E-state index in [4.69, 9.17) is 4.42 Å². The van der Waals surface area contributed by atoms with Crippen molar-refractivity contribution in [3.63, 3.8) is 0 Å². The van der Waals surface area contributed by atoms with Crippen LogP contribution >= 0.6 is 0 Å². The van der Waals surface area contributed by atoms with Crippen molar-refractivity contribution >= 4 is 16.9 Å². The number of para-hydroxylation sites is 1. The van der Waals surface area contributed by atoms with Crippen LogP contribution in [0.3, 0.4) is 0 Å². The fraction of sp³-hybridized carbons (Fsp3) is 0.500. The molecule has 1 fully saturated rings. The summed E-state index contributed by atoms with van der Waals surface area (Å²) in [5, 5.41) is 17.5. The lowest BCUT2D eigenvalue weighted by atomic mass is 9.93. The first kappa shape index (κ1) is 15.9. The maximum Gasteiger partial charge on any atom is 0.191 e. The van der Waals surface area contributed by atoms with Crippen molar-refractivity contribution in [3.05, 3.63) is 36.1 Å². The second kappa shape index (κ2) is 7.51. The Kier molecular flexibility index (Phi) is 5.18. The summed E-state index contributed by atoms with van der Waals surface area (Å²) in [6.07, 6.45) is 3.55. The number of nitrogens with one attached hydrogen (secondary N) is 2. The van der Waals surface area contributed by atoms with E-state index < -0.39 is 0 Å². The smallest absolute Gasteiger partial charge is 0.191 e. The van der Waals surface area contributed by atoms with Crippen molar-refractivity contribution in [2.75, 3.05) is 6.54 Å². The molecule has 5 nitrogen and oxygen atoms in total. The number of furan rings is 1. The van der Waals surface area contributed by atoms with E-state index in [9.17, 15) is 5.11 Å². The molecule has 3 N–H and O–H groups in total. The number of hydrogen-bond donors (Lipinski definition) is 3. The van der Waals surface area contributed by atoms with Gasteiger partial charge in [-0.15, -0.1) is 0 Å².